The van der Waals surface area contributed by atoms with Gasteiger partial charge in [0.1, 0.15) is 5.54 Å². The number of anilines is 1. The highest BCUT2D eigenvalue weighted by Crippen LogP contribution is 2.30. The van der Waals surface area contributed by atoms with Gasteiger partial charge in [0.25, 0.3) is 0 Å². The van der Waals surface area contributed by atoms with Crippen molar-refractivity contribution in [3.05, 3.63) is 30.3 Å². The van der Waals surface area contributed by atoms with E-state index >= 15 is 0 Å². The Kier molecular flexibility index (Phi) is 4.44. The number of nitrogens with zero attached hydrogens (tertiary/aromatic N) is 3. The van der Waals surface area contributed by atoms with Crippen molar-refractivity contribution in [1.82, 2.24) is 4.90 Å². The monoisotopic (exact) mass is 257 g/mol. The molecule has 19 heavy (non-hydrogen) atoms. The highest BCUT2D eigenvalue weighted by Gasteiger charge is 2.38. The van der Waals surface area contributed by atoms with Crippen molar-refractivity contribution >= 4 is 5.69 Å². The summed E-state index contributed by atoms with van der Waals surface area (Å²) in [4.78, 5) is 4.70. The first-order valence-corrected chi connectivity index (χ1v) is 7.22. The Morgan fingerprint density at radius 2 is 1.74 bits per heavy atom. The molecule has 3 heteroatoms. The lowest BCUT2D eigenvalue weighted by molar-refractivity contribution is 0.124. The van der Waals surface area contributed by atoms with Crippen LogP contribution in [-0.4, -0.2) is 36.6 Å². The molecular formula is C16H23N3. The Bertz CT molecular complexity index is 423. The van der Waals surface area contributed by atoms with E-state index in [2.05, 4.69) is 54.0 Å². The molecule has 0 atom stereocenters. The van der Waals surface area contributed by atoms with Crippen LogP contribution in [0, 0.1) is 11.3 Å². The largest absolute Gasteiger partial charge is 0.371 e. The highest BCUT2D eigenvalue weighted by atomic mass is 15.2. The van der Waals surface area contributed by atoms with Crippen molar-refractivity contribution in [3.63, 3.8) is 0 Å². The zero-order chi connectivity index (χ0) is 13.7. The van der Waals surface area contributed by atoms with Crippen molar-refractivity contribution in [2.45, 2.75) is 32.2 Å². The normalized spacial score (nSPS) is 18.3. The highest BCUT2D eigenvalue weighted by molar-refractivity contribution is 5.46. The Hall–Kier alpha value is -1.53. The molecule has 3 nitrogen and oxygen atoms in total. The Morgan fingerprint density at radius 3 is 2.21 bits per heavy atom. The van der Waals surface area contributed by atoms with E-state index < -0.39 is 0 Å². The number of hydrogen-bond acceptors (Lipinski definition) is 3. The molecule has 0 unspecified atom stereocenters. The van der Waals surface area contributed by atoms with Gasteiger partial charge in [0.05, 0.1) is 6.07 Å². The van der Waals surface area contributed by atoms with Crippen LogP contribution < -0.4 is 4.90 Å². The van der Waals surface area contributed by atoms with Gasteiger partial charge < -0.3 is 4.90 Å². The lowest BCUT2D eigenvalue weighted by Crippen LogP contribution is -2.54. The molecule has 0 spiro atoms. The summed E-state index contributed by atoms with van der Waals surface area (Å²) in [6.45, 7) is 8.13. The zero-order valence-electron chi connectivity index (χ0n) is 12.0. The van der Waals surface area contributed by atoms with Crippen LogP contribution in [0.1, 0.15) is 26.7 Å². The number of rotatable bonds is 4. The van der Waals surface area contributed by atoms with E-state index in [4.69, 9.17) is 0 Å². The van der Waals surface area contributed by atoms with Crippen LogP contribution in [0.15, 0.2) is 30.3 Å². The van der Waals surface area contributed by atoms with Gasteiger partial charge in [-0.3, -0.25) is 4.90 Å². The van der Waals surface area contributed by atoms with Crippen molar-refractivity contribution in [3.8, 4) is 6.07 Å². The Labute approximate surface area is 116 Å². The van der Waals surface area contributed by atoms with Crippen molar-refractivity contribution in [2.75, 3.05) is 31.1 Å². The number of piperidine rings is 1. The van der Waals surface area contributed by atoms with E-state index in [0.717, 1.165) is 39.0 Å². The van der Waals surface area contributed by atoms with Gasteiger partial charge in [0.2, 0.25) is 0 Å². The molecule has 0 radical (unpaired) electrons. The van der Waals surface area contributed by atoms with E-state index in [9.17, 15) is 5.26 Å². The summed E-state index contributed by atoms with van der Waals surface area (Å²) in [5, 5.41) is 9.62. The molecule has 1 saturated heterocycles. The van der Waals surface area contributed by atoms with Gasteiger partial charge in [-0.1, -0.05) is 32.0 Å². The summed E-state index contributed by atoms with van der Waals surface area (Å²) in [5.74, 6) is 0. The minimum Gasteiger partial charge on any atom is -0.371 e. The second kappa shape index (κ2) is 6.08. The fraction of sp³-hybridized carbons (Fsp3) is 0.562. The summed E-state index contributed by atoms with van der Waals surface area (Å²) in [7, 11) is 0. The van der Waals surface area contributed by atoms with Crippen LogP contribution in [-0.2, 0) is 0 Å². The number of nitriles is 1. The summed E-state index contributed by atoms with van der Waals surface area (Å²) >= 11 is 0. The van der Waals surface area contributed by atoms with Crippen LogP contribution in [0.5, 0.6) is 0 Å². The summed E-state index contributed by atoms with van der Waals surface area (Å²) in [5.41, 5.74) is 1.02. The van der Waals surface area contributed by atoms with Crippen LogP contribution in [0.4, 0.5) is 5.69 Å². The molecule has 1 aliphatic heterocycles. The molecule has 102 valence electrons. The smallest absolute Gasteiger partial charge is 0.112 e. The van der Waals surface area contributed by atoms with Crippen LogP contribution in [0.3, 0.4) is 0 Å². The van der Waals surface area contributed by atoms with Gasteiger partial charge in [0, 0.05) is 18.8 Å². The SMILES string of the molecule is CCN(CC)C1(C#N)CCN(c2ccccc2)CC1. The lowest BCUT2D eigenvalue weighted by Gasteiger charge is -2.44. The van der Waals surface area contributed by atoms with Gasteiger partial charge in [-0.2, -0.15) is 5.26 Å². The predicted octanol–water partition coefficient (Wildman–Crippen LogP) is 2.89. The van der Waals surface area contributed by atoms with E-state index in [1.807, 2.05) is 6.07 Å². The molecule has 1 aliphatic rings. The average Bonchev–Trinajstić information content (AvgIpc) is 2.50. The summed E-state index contributed by atoms with van der Waals surface area (Å²) in [6, 6.07) is 13.1. The molecule has 0 amide bonds. The van der Waals surface area contributed by atoms with Crippen molar-refractivity contribution in [2.24, 2.45) is 0 Å². The number of hydrogen-bond donors (Lipinski definition) is 0. The molecule has 0 aliphatic carbocycles. The predicted molar refractivity (Wildman–Crippen MR) is 79.2 cm³/mol. The molecule has 2 rings (SSSR count). The van der Waals surface area contributed by atoms with Gasteiger partial charge in [-0.25, -0.2) is 0 Å². The lowest BCUT2D eigenvalue weighted by atomic mass is 9.86. The maximum Gasteiger partial charge on any atom is 0.112 e. The van der Waals surface area contributed by atoms with E-state index in [0.29, 0.717) is 0 Å². The average molecular weight is 257 g/mol. The fourth-order valence-corrected chi connectivity index (χ4v) is 3.10. The first kappa shape index (κ1) is 13.9. The van der Waals surface area contributed by atoms with Crippen molar-refractivity contribution < 1.29 is 0 Å². The molecule has 0 saturated carbocycles. The maximum absolute atomic E-state index is 9.62. The topological polar surface area (TPSA) is 30.3 Å². The van der Waals surface area contributed by atoms with Gasteiger partial charge in [-0.05, 0) is 38.1 Å². The first-order chi connectivity index (χ1) is 9.25. The third-order valence-electron chi connectivity index (χ3n) is 4.29. The molecular weight excluding hydrogens is 234 g/mol. The minimum atomic E-state index is -0.255. The molecule has 1 fully saturated rings. The van der Waals surface area contributed by atoms with Crippen LogP contribution >= 0.6 is 0 Å². The second-order valence-electron chi connectivity index (χ2n) is 5.14. The number of para-hydroxylation sites is 1. The van der Waals surface area contributed by atoms with Gasteiger partial charge in [-0.15, -0.1) is 0 Å². The van der Waals surface area contributed by atoms with Crippen molar-refractivity contribution in [1.29, 1.82) is 5.26 Å². The molecule has 1 heterocycles. The molecule has 0 N–H and O–H groups in total. The van der Waals surface area contributed by atoms with E-state index in [-0.39, 0.29) is 5.54 Å². The first-order valence-electron chi connectivity index (χ1n) is 7.22. The fourth-order valence-electron chi connectivity index (χ4n) is 3.10. The third-order valence-corrected chi connectivity index (χ3v) is 4.29. The zero-order valence-corrected chi connectivity index (χ0v) is 12.0. The second-order valence-corrected chi connectivity index (χ2v) is 5.14. The third kappa shape index (κ3) is 2.74. The Balaban J connectivity index is 2.07. The maximum atomic E-state index is 9.62. The minimum absolute atomic E-state index is 0.255. The molecule has 1 aromatic rings. The van der Waals surface area contributed by atoms with Crippen LogP contribution in [0.25, 0.3) is 0 Å². The summed E-state index contributed by atoms with van der Waals surface area (Å²) < 4.78 is 0. The van der Waals surface area contributed by atoms with Gasteiger partial charge >= 0.3 is 0 Å². The summed E-state index contributed by atoms with van der Waals surface area (Å²) in [6.07, 6.45) is 1.86. The molecule has 0 aromatic heterocycles. The standard InChI is InChI=1S/C16H23N3/c1-3-19(4-2)16(14-17)10-12-18(13-11-16)15-8-6-5-7-9-15/h5-9H,3-4,10-13H2,1-2H3. The van der Waals surface area contributed by atoms with E-state index in [1.165, 1.54) is 5.69 Å². The quantitative estimate of drug-likeness (QED) is 0.831. The Morgan fingerprint density at radius 1 is 1.16 bits per heavy atom. The molecule has 0 bridgehead atoms. The molecule has 1 aromatic carbocycles. The number of benzene rings is 1. The van der Waals surface area contributed by atoms with Crippen LogP contribution in [0.2, 0.25) is 0 Å². The van der Waals surface area contributed by atoms with Gasteiger partial charge in [0.15, 0.2) is 0 Å². The van der Waals surface area contributed by atoms with E-state index in [1.54, 1.807) is 0 Å².